The van der Waals surface area contributed by atoms with E-state index >= 15 is 0 Å². The van der Waals surface area contributed by atoms with Crippen LogP contribution in [-0.4, -0.2) is 45.4 Å². The third-order valence-corrected chi connectivity index (χ3v) is 3.81. The van der Waals surface area contributed by atoms with Crippen molar-refractivity contribution in [3.63, 3.8) is 0 Å². The first-order valence-electron chi connectivity index (χ1n) is 7.55. The van der Waals surface area contributed by atoms with Gasteiger partial charge in [0.05, 0.1) is 17.7 Å². The summed E-state index contributed by atoms with van der Waals surface area (Å²) in [6.07, 6.45) is -0.204. The SMILES string of the molecule is CC(=C=C(C)CN1C(=O)c2ccccc2C1=O)CC(C(=O)O)C(=O)O. The molecule has 1 aliphatic heterocycles. The molecule has 0 radical (unpaired) electrons. The number of carbonyl (C=O) groups is 4. The van der Waals surface area contributed by atoms with E-state index in [2.05, 4.69) is 5.73 Å². The molecule has 7 heteroatoms. The standard InChI is InChI=1S/C18H17NO6/c1-10(8-14(17(22)23)18(24)25)7-11(2)9-19-15(20)12-5-3-4-6-13(12)16(19)21/h3-6,14H,8-9H2,1-2H3,(H,22,23)(H,24,25). The zero-order chi connectivity index (χ0) is 18.7. The molecule has 0 unspecified atom stereocenters. The maximum absolute atomic E-state index is 12.3. The number of carboxylic acids is 2. The maximum Gasteiger partial charge on any atom is 0.318 e. The van der Waals surface area contributed by atoms with Gasteiger partial charge in [-0.3, -0.25) is 24.1 Å². The van der Waals surface area contributed by atoms with Gasteiger partial charge in [0.25, 0.3) is 11.8 Å². The molecule has 1 heterocycles. The molecule has 25 heavy (non-hydrogen) atoms. The Hall–Kier alpha value is -3.18. The molecule has 0 fully saturated rings. The van der Waals surface area contributed by atoms with E-state index in [0.29, 0.717) is 22.3 Å². The zero-order valence-corrected chi connectivity index (χ0v) is 13.8. The minimum atomic E-state index is -1.56. The normalized spacial score (nSPS) is 12.8. The highest BCUT2D eigenvalue weighted by Crippen LogP contribution is 2.23. The lowest BCUT2D eigenvalue weighted by molar-refractivity contribution is -0.154. The number of nitrogens with zero attached hydrogens (tertiary/aromatic N) is 1. The fraction of sp³-hybridized carbons (Fsp3) is 0.278. The zero-order valence-electron chi connectivity index (χ0n) is 13.8. The molecule has 0 saturated carbocycles. The van der Waals surface area contributed by atoms with Crippen LogP contribution in [0.5, 0.6) is 0 Å². The Balaban J connectivity index is 2.19. The van der Waals surface area contributed by atoms with Gasteiger partial charge in [-0.05, 0) is 43.5 Å². The number of carboxylic acid groups (broad SMARTS) is 2. The quantitative estimate of drug-likeness (QED) is 0.464. The predicted octanol–water partition coefficient (Wildman–Crippen LogP) is 1.95. The van der Waals surface area contributed by atoms with Gasteiger partial charge in [-0.2, -0.15) is 0 Å². The molecule has 7 nitrogen and oxygen atoms in total. The fourth-order valence-corrected chi connectivity index (χ4v) is 2.66. The molecule has 2 amide bonds. The van der Waals surface area contributed by atoms with Crippen molar-refractivity contribution in [2.24, 2.45) is 5.92 Å². The fourth-order valence-electron chi connectivity index (χ4n) is 2.66. The second-order valence-electron chi connectivity index (χ2n) is 5.86. The van der Waals surface area contributed by atoms with E-state index in [1.807, 2.05) is 0 Å². The van der Waals surface area contributed by atoms with Crippen LogP contribution < -0.4 is 0 Å². The number of rotatable bonds is 6. The first-order valence-corrected chi connectivity index (χ1v) is 7.55. The van der Waals surface area contributed by atoms with Gasteiger partial charge in [-0.15, -0.1) is 5.73 Å². The number of imide groups is 1. The van der Waals surface area contributed by atoms with Gasteiger partial charge in [0, 0.05) is 0 Å². The number of amides is 2. The maximum atomic E-state index is 12.3. The molecule has 0 aliphatic carbocycles. The molecule has 1 aliphatic rings. The van der Waals surface area contributed by atoms with Crippen LogP contribution in [0.3, 0.4) is 0 Å². The van der Waals surface area contributed by atoms with Gasteiger partial charge in [0.1, 0.15) is 0 Å². The summed E-state index contributed by atoms with van der Waals surface area (Å²) in [5.74, 6) is -5.19. The van der Waals surface area contributed by atoms with Crippen molar-refractivity contribution in [2.45, 2.75) is 20.3 Å². The van der Waals surface area contributed by atoms with Gasteiger partial charge in [-0.25, -0.2) is 0 Å². The molecule has 2 rings (SSSR count). The van der Waals surface area contributed by atoms with Crippen LogP contribution in [-0.2, 0) is 9.59 Å². The van der Waals surface area contributed by atoms with Crippen LogP contribution in [0.4, 0.5) is 0 Å². The highest BCUT2D eigenvalue weighted by Gasteiger charge is 2.35. The number of carbonyl (C=O) groups excluding carboxylic acids is 2. The lowest BCUT2D eigenvalue weighted by Gasteiger charge is -2.13. The summed E-state index contributed by atoms with van der Waals surface area (Å²) in [5, 5.41) is 17.8. The highest BCUT2D eigenvalue weighted by atomic mass is 16.4. The van der Waals surface area contributed by atoms with Crippen LogP contribution in [0.25, 0.3) is 0 Å². The highest BCUT2D eigenvalue weighted by molar-refractivity contribution is 6.21. The largest absolute Gasteiger partial charge is 0.481 e. The van der Waals surface area contributed by atoms with E-state index in [0.717, 1.165) is 4.90 Å². The van der Waals surface area contributed by atoms with Crippen LogP contribution in [0.15, 0.2) is 41.1 Å². The molecule has 130 valence electrons. The van der Waals surface area contributed by atoms with E-state index in [9.17, 15) is 19.2 Å². The van der Waals surface area contributed by atoms with Gasteiger partial charge in [-0.1, -0.05) is 12.1 Å². The molecule has 0 spiro atoms. The van der Waals surface area contributed by atoms with E-state index in [1.54, 1.807) is 38.1 Å². The Morgan fingerprint density at radius 3 is 1.92 bits per heavy atom. The molecule has 0 saturated heterocycles. The first kappa shape index (κ1) is 18.2. The van der Waals surface area contributed by atoms with E-state index < -0.39 is 29.7 Å². The van der Waals surface area contributed by atoms with Gasteiger partial charge < -0.3 is 10.2 Å². The molecule has 1 aromatic carbocycles. The summed E-state index contributed by atoms with van der Waals surface area (Å²) in [6.45, 7) is 3.21. The predicted molar refractivity (Wildman–Crippen MR) is 87.1 cm³/mol. The molecule has 0 atom stereocenters. The van der Waals surface area contributed by atoms with Crippen LogP contribution in [0, 0.1) is 5.92 Å². The van der Waals surface area contributed by atoms with Crippen molar-refractivity contribution in [3.8, 4) is 0 Å². The monoisotopic (exact) mass is 343 g/mol. The van der Waals surface area contributed by atoms with Crippen molar-refractivity contribution >= 4 is 23.8 Å². The number of hydrogen-bond donors (Lipinski definition) is 2. The Morgan fingerprint density at radius 1 is 1.00 bits per heavy atom. The summed E-state index contributed by atoms with van der Waals surface area (Å²) in [7, 11) is 0. The summed E-state index contributed by atoms with van der Waals surface area (Å²) >= 11 is 0. The lowest BCUT2D eigenvalue weighted by Crippen LogP contribution is -2.31. The van der Waals surface area contributed by atoms with E-state index in [1.165, 1.54) is 0 Å². The summed E-state index contributed by atoms with van der Waals surface area (Å²) in [6, 6.07) is 6.52. The third kappa shape index (κ3) is 3.84. The third-order valence-electron chi connectivity index (χ3n) is 3.81. The number of hydrogen-bond acceptors (Lipinski definition) is 4. The van der Waals surface area contributed by atoms with Crippen molar-refractivity contribution < 1.29 is 29.4 Å². The Bertz CT molecular complexity index is 783. The van der Waals surface area contributed by atoms with Gasteiger partial charge in [0.15, 0.2) is 5.92 Å². The number of fused-ring (bicyclic) bond motifs is 1. The Labute approximate surface area is 143 Å². The van der Waals surface area contributed by atoms with E-state index in [-0.39, 0.29) is 13.0 Å². The van der Waals surface area contributed by atoms with Crippen molar-refractivity contribution in [1.82, 2.24) is 4.90 Å². The van der Waals surface area contributed by atoms with Crippen LogP contribution in [0.2, 0.25) is 0 Å². The molecule has 0 bridgehead atoms. The number of aliphatic carboxylic acids is 2. The Kier molecular flexibility index (Phi) is 5.20. The molecule has 1 aromatic rings. The second-order valence-corrected chi connectivity index (χ2v) is 5.86. The molecule has 0 aromatic heterocycles. The van der Waals surface area contributed by atoms with Gasteiger partial charge in [0.2, 0.25) is 0 Å². The van der Waals surface area contributed by atoms with Gasteiger partial charge >= 0.3 is 11.9 Å². The first-order chi connectivity index (χ1) is 11.7. The average Bonchev–Trinajstić information content (AvgIpc) is 2.77. The molecular weight excluding hydrogens is 326 g/mol. The average molecular weight is 343 g/mol. The van der Waals surface area contributed by atoms with Crippen molar-refractivity contribution in [1.29, 1.82) is 0 Å². The smallest absolute Gasteiger partial charge is 0.318 e. The summed E-state index contributed by atoms with van der Waals surface area (Å²) in [5.41, 5.74) is 4.52. The lowest BCUT2D eigenvalue weighted by atomic mass is 10.0. The van der Waals surface area contributed by atoms with Crippen LogP contribution in [0.1, 0.15) is 41.0 Å². The number of benzene rings is 1. The molecule has 2 N–H and O–H groups in total. The topological polar surface area (TPSA) is 112 Å². The summed E-state index contributed by atoms with van der Waals surface area (Å²) < 4.78 is 0. The summed E-state index contributed by atoms with van der Waals surface area (Å²) in [4.78, 5) is 47.5. The van der Waals surface area contributed by atoms with E-state index in [4.69, 9.17) is 10.2 Å². The second kappa shape index (κ2) is 7.15. The van der Waals surface area contributed by atoms with Crippen LogP contribution >= 0.6 is 0 Å². The Morgan fingerprint density at radius 2 is 1.48 bits per heavy atom. The minimum Gasteiger partial charge on any atom is -0.481 e. The van der Waals surface area contributed by atoms with Crippen molar-refractivity contribution in [3.05, 3.63) is 52.3 Å². The minimum absolute atomic E-state index is 0.00843. The van der Waals surface area contributed by atoms with Crippen molar-refractivity contribution in [2.75, 3.05) is 6.54 Å². The molecular formula is C18H17NO6.